The molecule has 0 bridgehead atoms. The molecule has 3 heteroatoms. The van der Waals surface area contributed by atoms with Crippen molar-refractivity contribution in [3.8, 4) is 23.7 Å². The SMILES string of the molecule is C=C[C@H](O)C#CC#C[C@@H](O)C=CCCCCCCCCO. The first-order valence-corrected chi connectivity index (χ1v) is 7.48. The molecular formula is C18H26O3. The van der Waals surface area contributed by atoms with Crippen molar-refractivity contribution in [1.82, 2.24) is 0 Å². The molecule has 0 aromatic carbocycles. The smallest absolute Gasteiger partial charge is 0.134 e. The minimum Gasteiger partial charge on any atom is -0.396 e. The van der Waals surface area contributed by atoms with Gasteiger partial charge in [-0.2, -0.15) is 0 Å². The highest BCUT2D eigenvalue weighted by Gasteiger charge is 1.92. The lowest BCUT2D eigenvalue weighted by Gasteiger charge is -1.99. The minimum absolute atomic E-state index is 0.290. The number of hydrogen-bond donors (Lipinski definition) is 3. The van der Waals surface area contributed by atoms with E-state index in [1.807, 2.05) is 6.08 Å². The van der Waals surface area contributed by atoms with Crippen molar-refractivity contribution in [3.05, 3.63) is 24.8 Å². The maximum absolute atomic E-state index is 9.54. The fourth-order valence-electron chi connectivity index (χ4n) is 1.63. The summed E-state index contributed by atoms with van der Waals surface area (Å²) in [6.45, 7) is 3.68. The quantitative estimate of drug-likeness (QED) is 0.328. The molecule has 3 nitrogen and oxygen atoms in total. The normalized spacial score (nSPS) is 12.9. The Bertz CT molecular complexity index is 404. The molecule has 0 radical (unpaired) electrons. The van der Waals surface area contributed by atoms with Gasteiger partial charge >= 0.3 is 0 Å². The van der Waals surface area contributed by atoms with Crippen molar-refractivity contribution in [1.29, 1.82) is 0 Å². The molecule has 0 saturated heterocycles. The Kier molecular flexibility index (Phi) is 13.8. The topological polar surface area (TPSA) is 60.7 Å². The number of aliphatic hydroxyl groups excluding tert-OH is 3. The van der Waals surface area contributed by atoms with Crippen LogP contribution < -0.4 is 0 Å². The molecule has 0 saturated carbocycles. The van der Waals surface area contributed by atoms with Crippen molar-refractivity contribution in [2.45, 2.75) is 57.2 Å². The molecule has 0 aliphatic carbocycles. The van der Waals surface area contributed by atoms with Gasteiger partial charge in [0.05, 0.1) is 0 Å². The van der Waals surface area contributed by atoms with Crippen LogP contribution >= 0.6 is 0 Å². The molecule has 0 aliphatic rings. The molecule has 0 aromatic rings. The third kappa shape index (κ3) is 14.7. The molecule has 3 N–H and O–H groups in total. The van der Waals surface area contributed by atoms with Crippen LogP contribution in [-0.2, 0) is 0 Å². The zero-order chi connectivity index (χ0) is 15.8. The number of aliphatic hydroxyl groups is 3. The van der Waals surface area contributed by atoms with Crippen LogP contribution in [0.2, 0.25) is 0 Å². The van der Waals surface area contributed by atoms with Gasteiger partial charge in [0.15, 0.2) is 0 Å². The van der Waals surface area contributed by atoms with Gasteiger partial charge in [0, 0.05) is 6.61 Å². The van der Waals surface area contributed by atoms with E-state index in [9.17, 15) is 5.11 Å². The van der Waals surface area contributed by atoms with Crippen LogP contribution in [0.3, 0.4) is 0 Å². The molecule has 0 fully saturated rings. The lowest BCUT2D eigenvalue weighted by Crippen LogP contribution is -1.97. The highest BCUT2D eigenvalue weighted by molar-refractivity contribution is 5.31. The van der Waals surface area contributed by atoms with Crippen LogP contribution in [0.15, 0.2) is 24.8 Å². The van der Waals surface area contributed by atoms with Crippen LogP contribution in [0.25, 0.3) is 0 Å². The fourth-order valence-corrected chi connectivity index (χ4v) is 1.63. The summed E-state index contributed by atoms with van der Waals surface area (Å²) in [7, 11) is 0. The van der Waals surface area contributed by atoms with Gasteiger partial charge in [-0.25, -0.2) is 0 Å². The summed E-state index contributed by atoms with van der Waals surface area (Å²) in [5, 5.41) is 27.2. The predicted molar refractivity (Wildman–Crippen MR) is 86.3 cm³/mol. The third-order valence-corrected chi connectivity index (χ3v) is 2.82. The van der Waals surface area contributed by atoms with Gasteiger partial charge in [-0.05, 0) is 37.2 Å². The van der Waals surface area contributed by atoms with Gasteiger partial charge in [-0.3, -0.25) is 0 Å². The van der Waals surface area contributed by atoms with E-state index < -0.39 is 12.2 Å². The van der Waals surface area contributed by atoms with Gasteiger partial charge < -0.3 is 15.3 Å². The van der Waals surface area contributed by atoms with E-state index in [-0.39, 0.29) is 0 Å². The standard InChI is InChI=1S/C18H26O3/c1-2-17(20)13-10-11-15-18(21)14-9-7-5-3-4-6-8-12-16-19/h2,9,14,17-21H,1,3-8,12,16H2/t17-,18-/m0/s1. The fraction of sp³-hybridized carbons (Fsp3) is 0.556. The summed E-state index contributed by atoms with van der Waals surface area (Å²) >= 11 is 0. The second-order valence-corrected chi connectivity index (χ2v) is 4.73. The Hall–Kier alpha value is -1.52. The Balaban J connectivity index is 3.66. The van der Waals surface area contributed by atoms with E-state index in [1.165, 1.54) is 25.3 Å². The van der Waals surface area contributed by atoms with E-state index in [1.54, 1.807) is 6.08 Å². The van der Waals surface area contributed by atoms with Gasteiger partial charge in [0.25, 0.3) is 0 Å². The lowest BCUT2D eigenvalue weighted by molar-refractivity contribution is 0.280. The van der Waals surface area contributed by atoms with Crippen LogP contribution in [0.1, 0.15) is 44.9 Å². The van der Waals surface area contributed by atoms with Crippen LogP contribution in [0.4, 0.5) is 0 Å². The Labute approximate surface area is 128 Å². The monoisotopic (exact) mass is 290 g/mol. The molecule has 2 atom stereocenters. The molecule has 116 valence electrons. The highest BCUT2D eigenvalue weighted by atomic mass is 16.3. The zero-order valence-electron chi connectivity index (χ0n) is 12.6. The summed E-state index contributed by atoms with van der Waals surface area (Å²) in [5.41, 5.74) is 0. The van der Waals surface area contributed by atoms with Crippen molar-refractivity contribution >= 4 is 0 Å². The number of unbranched alkanes of at least 4 members (excludes halogenated alkanes) is 6. The largest absolute Gasteiger partial charge is 0.396 e. The molecule has 0 rings (SSSR count). The zero-order valence-corrected chi connectivity index (χ0v) is 12.6. The van der Waals surface area contributed by atoms with Crippen molar-refractivity contribution in [3.63, 3.8) is 0 Å². The van der Waals surface area contributed by atoms with E-state index in [0.29, 0.717) is 6.61 Å². The van der Waals surface area contributed by atoms with Gasteiger partial charge in [0.2, 0.25) is 0 Å². The molecule has 21 heavy (non-hydrogen) atoms. The molecule has 0 amide bonds. The highest BCUT2D eigenvalue weighted by Crippen LogP contribution is 2.07. The first-order valence-electron chi connectivity index (χ1n) is 7.48. The first-order chi connectivity index (χ1) is 10.2. The van der Waals surface area contributed by atoms with Gasteiger partial charge in [-0.1, -0.05) is 56.3 Å². The van der Waals surface area contributed by atoms with Gasteiger partial charge in [0.1, 0.15) is 12.2 Å². The van der Waals surface area contributed by atoms with Crippen LogP contribution in [0.5, 0.6) is 0 Å². The average Bonchev–Trinajstić information content (AvgIpc) is 2.49. The lowest BCUT2D eigenvalue weighted by atomic mass is 10.1. The maximum Gasteiger partial charge on any atom is 0.134 e. The first kappa shape index (κ1) is 19.5. The summed E-state index contributed by atoms with van der Waals surface area (Å²) in [6, 6.07) is 0. The molecular weight excluding hydrogens is 264 g/mol. The molecule has 0 aromatic heterocycles. The van der Waals surface area contributed by atoms with Gasteiger partial charge in [-0.15, -0.1) is 0 Å². The molecule has 0 heterocycles. The summed E-state index contributed by atoms with van der Waals surface area (Å²) in [6.07, 6.45) is 10.8. The van der Waals surface area contributed by atoms with Crippen LogP contribution in [0, 0.1) is 23.7 Å². The Morgan fingerprint density at radius 3 is 2.05 bits per heavy atom. The van der Waals surface area contributed by atoms with E-state index in [0.717, 1.165) is 25.7 Å². The molecule has 0 unspecified atom stereocenters. The Morgan fingerprint density at radius 1 is 0.857 bits per heavy atom. The van der Waals surface area contributed by atoms with Crippen molar-refractivity contribution in [2.75, 3.05) is 6.61 Å². The summed E-state index contributed by atoms with van der Waals surface area (Å²) < 4.78 is 0. The number of rotatable bonds is 10. The van der Waals surface area contributed by atoms with E-state index in [4.69, 9.17) is 10.2 Å². The van der Waals surface area contributed by atoms with Crippen LogP contribution in [-0.4, -0.2) is 34.1 Å². The molecule has 0 aliphatic heterocycles. The van der Waals surface area contributed by atoms with Crippen molar-refractivity contribution < 1.29 is 15.3 Å². The minimum atomic E-state index is -0.871. The Morgan fingerprint density at radius 2 is 1.43 bits per heavy atom. The number of allylic oxidation sites excluding steroid dienone is 1. The van der Waals surface area contributed by atoms with Crippen molar-refractivity contribution in [2.24, 2.45) is 0 Å². The summed E-state index contributed by atoms with van der Waals surface area (Å²) in [4.78, 5) is 0. The number of hydrogen-bond acceptors (Lipinski definition) is 3. The van der Waals surface area contributed by atoms with E-state index in [2.05, 4.69) is 30.3 Å². The second-order valence-electron chi connectivity index (χ2n) is 4.73. The maximum atomic E-state index is 9.54. The molecule has 0 spiro atoms. The van der Waals surface area contributed by atoms with E-state index >= 15 is 0 Å². The second kappa shape index (κ2) is 14.9. The third-order valence-electron chi connectivity index (χ3n) is 2.82. The summed E-state index contributed by atoms with van der Waals surface area (Å²) in [5.74, 6) is 9.97. The predicted octanol–water partition coefficient (Wildman–Crippen LogP) is 2.18. The average molecular weight is 290 g/mol.